The van der Waals surface area contributed by atoms with E-state index < -0.39 is 0 Å². The van der Waals surface area contributed by atoms with E-state index in [9.17, 15) is 4.79 Å². The summed E-state index contributed by atoms with van der Waals surface area (Å²) in [6.07, 6.45) is 1.61. The SMILES string of the molecule is CC(=O)N=Cc1ccc2c(ccc3ccccc32)c1. The Hall–Kier alpha value is -2.48. The van der Waals surface area contributed by atoms with E-state index in [2.05, 4.69) is 35.3 Å². The Morgan fingerprint density at radius 3 is 2.53 bits per heavy atom. The Balaban J connectivity index is 2.20. The summed E-state index contributed by atoms with van der Waals surface area (Å²) in [6.45, 7) is 1.45. The maximum atomic E-state index is 10.9. The molecule has 92 valence electrons. The van der Waals surface area contributed by atoms with Crippen molar-refractivity contribution in [2.75, 3.05) is 0 Å². The van der Waals surface area contributed by atoms with Gasteiger partial charge < -0.3 is 0 Å². The predicted molar refractivity (Wildman–Crippen MR) is 79.7 cm³/mol. The highest BCUT2D eigenvalue weighted by Gasteiger charge is 2.00. The van der Waals surface area contributed by atoms with Crippen molar-refractivity contribution in [3.63, 3.8) is 0 Å². The van der Waals surface area contributed by atoms with Crippen LogP contribution in [0.25, 0.3) is 21.5 Å². The second kappa shape index (κ2) is 4.65. The van der Waals surface area contributed by atoms with Gasteiger partial charge in [0, 0.05) is 13.1 Å². The van der Waals surface area contributed by atoms with Crippen LogP contribution in [-0.2, 0) is 4.79 Å². The largest absolute Gasteiger partial charge is 0.273 e. The zero-order chi connectivity index (χ0) is 13.2. The molecule has 0 heterocycles. The molecule has 3 aromatic rings. The Morgan fingerprint density at radius 2 is 1.68 bits per heavy atom. The second-order valence-electron chi connectivity index (χ2n) is 4.54. The number of benzene rings is 3. The minimum Gasteiger partial charge on any atom is -0.273 e. The zero-order valence-corrected chi connectivity index (χ0v) is 10.6. The van der Waals surface area contributed by atoms with Crippen molar-refractivity contribution in [3.8, 4) is 0 Å². The van der Waals surface area contributed by atoms with Gasteiger partial charge in [-0.3, -0.25) is 4.79 Å². The first-order valence-corrected chi connectivity index (χ1v) is 6.20. The standard InChI is InChI=1S/C17H13NO/c1-12(19)18-11-13-6-9-17-15(10-13)8-7-14-4-2-3-5-16(14)17/h2-11H,1H3. The van der Waals surface area contributed by atoms with Crippen LogP contribution in [0.15, 0.2) is 59.6 Å². The topological polar surface area (TPSA) is 29.4 Å². The molecular weight excluding hydrogens is 234 g/mol. The molecule has 0 saturated carbocycles. The highest BCUT2D eigenvalue weighted by Crippen LogP contribution is 2.25. The molecule has 0 aromatic heterocycles. The highest BCUT2D eigenvalue weighted by atomic mass is 16.1. The van der Waals surface area contributed by atoms with Crippen LogP contribution in [0.1, 0.15) is 12.5 Å². The van der Waals surface area contributed by atoms with Crippen LogP contribution in [0.2, 0.25) is 0 Å². The number of carbonyl (C=O) groups excluding carboxylic acids is 1. The molecule has 0 aliphatic rings. The number of hydrogen-bond acceptors (Lipinski definition) is 1. The van der Waals surface area contributed by atoms with Gasteiger partial charge in [-0.15, -0.1) is 0 Å². The molecule has 0 radical (unpaired) electrons. The molecule has 1 amide bonds. The lowest BCUT2D eigenvalue weighted by molar-refractivity contribution is -0.115. The fourth-order valence-corrected chi connectivity index (χ4v) is 2.28. The lowest BCUT2D eigenvalue weighted by atomic mass is 10.0. The normalized spacial score (nSPS) is 11.4. The summed E-state index contributed by atoms with van der Waals surface area (Å²) in [6, 6.07) is 18.7. The lowest BCUT2D eigenvalue weighted by Crippen LogP contribution is -1.87. The van der Waals surface area contributed by atoms with E-state index in [4.69, 9.17) is 0 Å². The van der Waals surface area contributed by atoms with E-state index in [1.54, 1.807) is 6.21 Å². The third-order valence-electron chi connectivity index (χ3n) is 3.16. The van der Waals surface area contributed by atoms with Crippen LogP contribution >= 0.6 is 0 Å². The molecule has 0 atom stereocenters. The Bertz CT molecular complexity index is 803. The van der Waals surface area contributed by atoms with Gasteiger partial charge in [0.25, 0.3) is 0 Å². The van der Waals surface area contributed by atoms with Crippen LogP contribution in [0.3, 0.4) is 0 Å². The molecule has 0 N–H and O–H groups in total. The van der Waals surface area contributed by atoms with Crippen LogP contribution < -0.4 is 0 Å². The Morgan fingerprint density at radius 1 is 0.947 bits per heavy atom. The van der Waals surface area contributed by atoms with Crippen molar-refractivity contribution in [1.29, 1.82) is 0 Å². The van der Waals surface area contributed by atoms with Gasteiger partial charge in [-0.1, -0.05) is 48.5 Å². The first-order chi connectivity index (χ1) is 9.24. The molecule has 2 nitrogen and oxygen atoms in total. The van der Waals surface area contributed by atoms with Crippen LogP contribution in [0.5, 0.6) is 0 Å². The minimum absolute atomic E-state index is 0.182. The van der Waals surface area contributed by atoms with Crippen molar-refractivity contribution in [2.45, 2.75) is 6.92 Å². The number of amides is 1. The summed E-state index contributed by atoms with van der Waals surface area (Å²) in [4.78, 5) is 14.7. The third-order valence-corrected chi connectivity index (χ3v) is 3.16. The molecular formula is C17H13NO. The summed E-state index contributed by atoms with van der Waals surface area (Å²) in [5.41, 5.74) is 0.943. The Labute approximate surface area is 111 Å². The fraction of sp³-hybridized carbons (Fsp3) is 0.0588. The molecule has 0 fully saturated rings. The van der Waals surface area contributed by atoms with E-state index in [1.165, 1.54) is 23.1 Å². The average molecular weight is 247 g/mol. The molecule has 3 aromatic carbocycles. The van der Waals surface area contributed by atoms with Crippen LogP contribution in [-0.4, -0.2) is 12.1 Å². The Kier molecular flexibility index (Phi) is 2.84. The lowest BCUT2D eigenvalue weighted by Gasteiger charge is -2.04. The summed E-state index contributed by atoms with van der Waals surface area (Å²) >= 11 is 0. The summed E-state index contributed by atoms with van der Waals surface area (Å²) in [7, 11) is 0. The number of aliphatic imine (C=N–C) groups is 1. The average Bonchev–Trinajstić information content (AvgIpc) is 2.44. The molecule has 2 heteroatoms. The molecule has 0 saturated heterocycles. The monoisotopic (exact) mass is 247 g/mol. The molecule has 0 spiro atoms. The van der Waals surface area contributed by atoms with Gasteiger partial charge in [0.1, 0.15) is 0 Å². The second-order valence-corrected chi connectivity index (χ2v) is 4.54. The van der Waals surface area contributed by atoms with Gasteiger partial charge in [-0.25, -0.2) is 4.99 Å². The number of carbonyl (C=O) groups is 1. The first kappa shape index (κ1) is 11.6. The molecule has 0 bridgehead atoms. The highest BCUT2D eigenvalue weighted by molar-refractivity contribution is 6.08. The first-order valence-electron chi connectivity index (χ1n) is 6.20. The number of hydrogen-bond donors (Lipinski definition) is 0. The number of rotatable bonds is 1. The van der Waals surface area contributed by atoms with Crippen LogP contribution in [0, 0.1) is 0 Å². The van der Waals surface area contributed by atoms with Gasteiger partial charge in [0.2, 0.25) is 5.91 Å². The van der Waals surface area contributed by atoms with E-state index in [-0.39, 0.29) is 5.91 Å². The zero-order valence-electron chi connectivity index (χ0n) is 10.6. The van der Waals surface area contributed by atoms with Crippen molar-refractivity contribution in [1.82, 2.24) is 0 Å². The number of nitrogens with zero attached hydrogens (tertiary/aromatic N) is 1. The quantitative estimate of drug-likeness (QED) is 0.472. The van der Waals surface area contributed by atoms with E-state index in [1.807, 2.05) is 24.3 Å². The van der Waals surface area contributed by atoms with Crippen molar-refractivity contribution >= 4 is 33.7 Å². The van der Waals surface area contributed by atoms with Gasteiger partial charge in [0.05, 0.1) is 0 Å². The maximum absolute atomic E-state index is 10.9. The van der Waals surface area contributed by atoms with Gasteiger partial charge in [-0.2, -0.15) is 0 Å². The molecule has 0 unspecified atom stereocenters. The van der Waals surface area contributed by atoms with Gasteiger partial charge >= 0.3 is 0 Å². The molecule has 19 heavy (non-hydrogen) atoms. The van der Waals surface area contributed by atoms with Crippen LogP contribution in [0.4, 0.5) is 0 Å². The van der Waals surface area contributed by atoms with E-state index >= 15 is 0 Å². The number of fused-ring (bicyclic) bond motifs is 3. The smallest absolute Gasteiger partial charge is 0.242 e. The van der Waals surface area contributed by atoms with E-state index in [0.717, 1.165) is 10.9 Å². The van der Waals surface area contributed by atoms with Gasteiger partial charge in [-0.05, 0) is 33.2 Å². The molecule has 3 rings (SSSR count). The minimum atomic E-state index is -0.182. The predicted octanol–water partition coefficient (Wildman–Crippen LogP) is 3.96. The summed E-state index contributed by atoms with van der Waals surface area (Å²) < 4.78 is 0. The fourth-order valence-electron chi connectivity index (χ4n) is 2.28. The molecule has 0 aliphatic heterocycles. The maximum Gasteiger partial charge on any atom is 0.242 e. The molecule has 0 aliphatic carbocycles. The van der Waals surface area contributed by atoms with Crippen molar-refractivity contribution in [3.05, 3.63) is 60.2 Å². The van der Waals surface area contributed by atoms with Crippen molar-refractivity contribution in [2.24, 2.45) is 4.99 Å². The third kappa shape index (κ3) is 2.25. The van der Waals surface area contributed by atoms with E-state index in [0.29, 0.717) is 0 Å². The summed E-state index contributed by atoms with van der Waals surface area (Å²) in [5.74, 6) is -0.182. The van der Waals surface area contributed by atoms with Gasteiger partial charge in [0.15, 0.2) is 0 Å². The van der Waals surface area contributed by atoms with Crippen molar-refractivity contribution < 1.29 is 4.79 Å². The summed E-state index contributed by atoms with van der Waals surface area (Å²) in [5, 5.41) is 4.86.